The van der Waals surface area contributed by atoms with Crippen LogP contribution in [0.2, 0.25) is 0 Å². The summed E-state index contributed by atoms with van der Waals surface area (Å²) in [5.41, 5.74) is 2.65. The number of para-hydroxylation sites is 1. The molecule has 0 spiro atoms. The summed E-state index contributed by atoms with van der Waals surface area (Å²) in [6, 6.07) is 16.7. The molecule has 31 heavy (non-hydrogen) atoms. The van der Waals surface area contributed by atoms with Gasteiger partial charge in [0.15, 0.2) is 4.80 Å². The van der Waals surface area contributed by atoms with Crippen molar-refractivity contribution in [2.24, 2.45) is 4.99 Å². The number of hydrogen-bond donors (Lipinski definition) is 1. The Balaban J connectivity index is 0.00000272. The maximum atomic E-state index is 12.9. The fraction of sp³-hybridized carbons (Fsp3) is 0.318. The van der Waals surface area contributed by atoms with E-state index in [0.717, 1.165) is 41.0 Å². The summed E-state index contributed by atoms with van der Waals surface area (Å²) >= 11 is 1.50. The van der Waals surface area contributed by atoms with Crippen LogP contribution in [0.15, 0.2) is 69.9 Å². The van der Waals surface area contributed by atoms with E-state index in [9.17, 15) is 13.5 Å². The summed E-state index contributed by atoms with van der Waals surface area (Å²) in [5, 5.41) is 11.5. The van der Waals surface area contributed by atoms with Gasteiger partial charge in [0, 0.05) is 25.0 Å². The molecular weight excluding hydrogens is 498 g/mol. The maximum Gasteiger partial charge on any atom is 0.243 e. The Morgan fingerprint density at radius 2 is 1.65 bits per heavy atom. The minimum absolute atomic E-state index is 0. The van der Waals surface area contributed by atoms with Crippen molar-refractivity contribution in [3.05, 3.63) is 64.8 Å². The summed E-state index contributed by atoms with van der Waals surface area (Å²) in [6.07, 6.45) is 2.92. The molecule has 1 saturated heterocycles. The fourth-order valence-electron chi connectivity index (χ4n) is 3.63. The minimum Gasteiger partial charge on any atom is -0.395 e. The largest absolute Gasteiger partial charge is 0.395 e. The van der Waals surface area contributed by atoms with Crippen LogP contribution < -0.4 is 4.80 Å². The monoisotopic (exact) mass is 523 g/mol. The van der Waals surface area contributed by atoms with Gasteiger partial charge in [-0.15, -0.1) is 28.3 Å². The van der Waals surface area contributed by atoms with Gasteiger partial charge >= 0.3 is 0 Å². The number of thiazole rings is 1. The second kappa shape index (κ2) is 10.7. The van der Waals surface area contributed by atoms with E-state index < -0.39 is 10.0 Å². The van der Waals surface area contributed by atoms with E-state index in [0.29, 0.717) is 24.5 Å². The Bertz CT molecular complexity index is 1150. The Kier molecular flexibility index (Phi) is 8.23. The zero-order chi connectivity index (χ0) is 21.0. The van der Waals surface area contributed by atoms with Crippen LogP contribution in [0.25, 0.3) is 11.3 Å². The molecule has 4 rings (SSSR count). The number of halogens is 1. The molecule has 1 fully saturated rings. The third-order valence-electron chi connectivity index (χ3n) is 5.21. The zero-order valence-electron chi connectivity index (χ0n) is 17.1. The quantitative estimate of drug-likeness (QED) is 0.526. The number of nitrogens with zero attached hydrogens (tertiary/aromatic N) is 3. The van der Waals surface area contributed by atoms with Crippen molar-refractivity contribution >= 4 is 44.0 Å². The van der Waals surface area contributed by atoms with E-state index >= 15 is 0 Å². The SMILES string of the molecule is Br.O=S(=O)(c1ccc(-c2csc(=Nc3ccccc3)n2CCO)cc1)N1CCCCC1. The van der Waals surface area contributed by atoms with Crippen molar-refractivity contribution in [2.75, 3.05) is 19.7 Å². The van der Waals surface area contributed by atoms with Gasteiger partial charge < -0.3 is 9.67 Å². The highest BCUT2D eigenvalue weighted by Crippen LogP contribution is 2.25. The second-order valence-electron chi connectivity index (χ2n) is 7.22. The van der Waals surface area contributed by atoms with Crippen LogP contribution in [0.1, 0.15) is 19.3 Å². The lowest BCUT2D eigenvalue weighted by Gasteiger charge is -2.25. The van der Waals surface area contributed by atoms with E-state index in [1.807, 2.05) is 52.4 Å². The number of hydrogen-bond acceptors (Lipinski definition) is 5. The summed E-state index contributed by atoms with van der Waals surface area (Å²) in [4.78, 5) is 5.80. The summed E-state index contributed by atoms with van der Waals surface area (Å²) in [5.74, 6) is 0. The molecule has 1 aliphatic rings. The molecule has 0 amide bonds. The summed E-state index contributed by atoms with van der Waals surface area (Å²) in [6.45, 7) is 1.59. The molecule has 0 unspecified atom stereocenters. The van der Waals surface area contributed by atoms with Crippen LogP contribution in [-0.4, -0.2) is 42.1 Å². The fourth-order valence-corrected chi connectivity index (χ4v) is 6.10. The third kappa shape index (κ3) is 5.35. The van der Waals surface area contributed by atoms with Crippen LogP contribution in [0.4, 0.5) is 5.69 Å². The Labute approximate surface area is 197 Å². The molecule has 0 bridgehead atoms. The Morgan fingerprint density at radius 3 is 2.29 bits per heavy atom. The van der Waals surface area contributed by atoms with Crippen molar-refractivity contribution in [2.45, 2.75) is 30.7 Å². The van der Waals surface area contributed by atoms with Crippen molar-refractivity contribution in [3.8, 4) is 11.3 Å². The van der Waals surface area contributed by atoms with Crippen LogP contribution in [0.5, 0.6) is 0 Å². The first-order valence-electron chi connectivity index (χ1n) is 10.1. The predicted molar refractivity (Wildman–Crippen MR) is 129 cm³/mol. The van der Waals surface area contributed by atoms with E-state index in [1.165, 1.54) is 11.3 Å². The van der Waals surface area contributed by atoms with Crippen LogP contribution >= 0.6 is 28.3 Å². The highest BCUT2D eigenvalue weighted by Gasteiger charge is 2.25. The van der Waals surface area contributed by atoms with Gasteiger partial charge in [-0.2, -0.15) is 4.31 Å². The molecule has 1 aromatic heterocycles. The van der Waals surface area contributed by atoms with Gasteiger partial charge in [-0.25, -0.2) is 13.4 Å². The molecule has 0 atom stereocenters. The average molecular weight is 525 g/mol. The lowest BCUT2D eigenvalue weighted by atomic mass is 10.2. The van der Waals surface area contributed by atoms with E-state index in [2.05, 4.69) is 0 Å². The molecule has 3 aromatic rings. The molecule has 1 aliphatic heterocycles. The van der Waals surface area contributed by atoms with Crippen molar-refractivity contribution < 1.29 is 13.5 Å². The average Bonchev–Trinajstić information content (AvgIpc) is 3.17. The molecule has 6 nitrogen and oxygen atoms in total. The number of aromatic nitrogens is 1. The van der Waals surface area contributed by atoms with Gasteiger partial charge in [-0.1, -0.05) is 36.8 Å². The highest BCUT2D eigenvalue weighted by atomic mass is 79.9. The van der Waals surface area contributed by atoms with Gasteiger partial charge in [0.2, 0.25) is 10.0 Å². The van der Waals surface area contributed by atoms with Crippen LogP contribution in [0.3, 0.4) is 0 Å². The highest BCUT2D eigenvalue weighted by molar-refractivity contribution is 8.93. The molecular formula is C22H26BrN3O3S2. The Hall–Kier alpha value is -1.78. The number of sulfonamides is 1. The minimum atomic E-state index is -3.45. The molecule has 0 saturated carbocycles. The molecule has 166 valence electrons. The van der Waals surface area contributed by atoms with Crippen molar-refractivity contribution in [3.63, 3.8) is 0 Å². The standard InChI is InChI=1S/C22H25N3O3S2.BrH/c26-16-15-25-21(17-29-22(25)23-19-7-3-1-4-8-19)18-9-11-20(12-10-18)30(27,28)24-13-5-2-6-14-24;/h1,3-4,7-12,17,26H,2,5-6,13-16H2;1H. The molecule has 0 aliphatic carbocycles. The number of benzene rings is 2. The van der Waals surface area contributed by atoms with E-state index in [-0.39, 0.29) is 23.6 Å². The van der Waals surface area contributed by atoms with Crippen molar-refractivity contribution in [1.82, 2.24) is 8.87 Å². The molecule has 1 N–H and O–H groups in total. The van der Waals surface area contributed by atoms with Crippen molar-refractivity contribution in [1.29, 1.82) is 0 Å². The molecule has 9 heteroatoms. The topological polar surface area (TPSA) is 74.9 Å². The lowest BCUT2D eigenvalue weighted by molar-refractivity contribution is 0.275. The second-order valence-corrected chi connectivity index (χ2v) is 9.99. The summed E-state index contributed by atoms with van der Waals surface area (Å²) < 4.78 is 29.3. The number of aliphatic hydroxyl groups is 1. The lowest BCUT2D eigenvalue weighted by Crippen LogP contribution is -2.35. The molecule has 0 radical (unpaired) electrons. The van der Waals surface area contributed by atoms with Gasteiger partial charge in [-0.05, 0) is 42.7 Å². The van der Waals surface area contributed by atoms with Gasteiger partial charge in [-0.3, -0.25) is 0 Å². The third-order valence-corrected chi connectivity index (χ3v) is 7.98. The van der Waals surface area contributed by atoms with E-state index in [4.69, 9.17) is 4.99 Å². The molecule has 2 aromatic carbocycles. The smallest absolute Gasteiger partial charge is 0.243 e. The first kappa shape index (κ1) is 23.9. The summed E-state index contributed by atoms with van der Waals surface area (Å²) in [7, 11) is -3.45. The first-order valence-corrected chi connectivity index (χ1v) is 12.4. The first-order chi connectivity index (χ1) is 14.6. The van der Waals surface area contributed by atoms with Gasteiger partial charge in [0.05, 0.1) is 22.9 Å². The normalized spacial score (nSPS) is 15.6. The maximum absolute atomic E-state index is 12.9. The van der Waals surface area contributed by atoms with Crippen LogP contribution in [0, 0.1) is 0 Å². The predicted octanol–water partition coefficient (Wildman–Crippen LogP) is 4.19. The number of rotatable bonds is 6. The van der Waals surface area contributed by atoms with E-state index in [1.54, 1.807) is 16.4 Å². The number of piperidine rings is 1. The molecule has 2 heterocycles. The zero-order valence-corrected chi connectivity index (χ0v) is 20.4. The van der Waals surface area contributed by atoms with Crippen LogP contribution in [-0.2, 0) is 16.6 Å². The Morgan fingerprint density at radius 1 is 0.968 bits per heavy atom. The van der Waals surface area contributed by atoms with Gasteiger partial charge in [0.25, 0.3) is 0 Å². The number of aliphatic hydroxyl groups excluding tert-OH is 1. The van der Waals surface area contributed by atoms with Gasteiger partial charge in [0.1, 0.15) is 0 Å².